The molecule has 0 amide bonds. The molecule has 108 valence electrons. The number of nitrogens with one attached hydrogen (secondary N) is 2. The molecule has 2 aromatic rings. The fourth-order valence-electron chi connectivity index (χ4n) is 2.24. The number of H-pyrrole nitrogens is 1. The van der Waals surface area contributed by atoms with E-state index in [-0.39, 0.29) is 11.9 Å². The average molecular weight is 277 g/mol. The summed E-state index contributed by atoms with van der Waals surface area (Å²) in [4.78, 5) is 0. The van der Waals surface area contributed by atoms with E-state index in [0.29, 0.717) is 12.3 Å². The molecule has 1 atom stereocenters. The number of hydrogen-bond acceptors (Lipinski definition) is 3. The molecule has 1 aromatic heterocycles. The zero-order valence-corrected chi connectivity index (χ0v) is 12.2. The van der Waals surface area contributed by atoms with Crippen molar-refractivity contribution in [1.82, 2.24) is 15.5 Å². The van der Waals surface area contributed by atoms with E-state index in [1.54, 1.807) is 13.2 Å². The van der Waals surface area contributed by atoms with Crippen molar-refractivity contribution in [2.45, 2.75) is 33.4 Å². The van der Waals surface area contributed by atoms with Crippen LogP contribution in [-0.4, -0.2) is 17.3 Å². The number of benzene rings is 1. The van der Waals surface area contributed by atoms with E-state index in [9.17, 15) is 4.39 Å². The number of aryl methyl sites for hydroxylation is 2. The van der Waals surface area contributed by atoms with Gasteiger partial charge in [-0.05, 0) is 39.0 Å². The maximum absolute atomic E-state index is 13.4. The van der Waals surface area contributed by atoms with Gasteiger partial charge in [-0.25, -0.2) is 4.39 Å². The summed E-state index contributed by atoms with van der Waals surface area (Å²) in [5.74, 6) is 0.428. The van der Waals surface area contributed by atoms with Gasteiger partial charge in [0.1, 0.15) is 11.6 Å². The molecule has 0 fully saturated rings. The zero-order chi connectivity index (χ0) is 14.7. The van der Waals surface area contributed by atoms with Gasteiger partial charge in [0.25, 0.3) is 0 Å². The second-order valence-corrected chi connectivity index (χ2v) is 4.90. The van der Waals surface area contributed by atoms with Crippen LogP contribution in [0.25, 0.3) is 0 Å². The summed E-state index contributed by atoms with van der Waals surface area (Å²) in [6.45, 7) is 6.62. The summed E-state index contributed by atoms with van der Waals surface area (Å²) < 4.78 is 18.7. The highest BCUT2D eigenvalue weighted by Gasteiger charge is 2.14. The average Bonchev–Trinajstić information content (AvgIpc) is 2.75. The fraction of sp³-hybridized carbons (Fsp3) is 0.400. The van der Waals surface area contributed by atoms with E-state index in [4.69, 9.17) is 4.74 Å². The van der Waals surface area contributed by atoms with Gasteiger partial charge in [0.15, 0.2) is 0 Å². The molecule has 0 aliphatic carbocycles. The van der Waals surface area contributed by atoms with Gasteiger partial charge < -0.3 is 10.1 Å². The maximum atomic E-state index is 13.4. The summed E-state index contributed by atoms with van der Waals surface area (Å²) in [7, 11) is 1.59. The molecule has 20 heavy (non-hydrogen) atoms. The Morgan fingerprint density at radius 2 is 2.15 bits per heavy atom. The summed E-state index contributed by atoms with van der Waals surface area (Å²) in [6.07, 6.45) is 0. The minimum Gasteiger partial charge on any atom is -0.496 e. The summed E-state index contributed by atoms with van der Waals surface area (Å²) in [6, 6.07) is 4.54. The molecule has 0 bridgehead atoms. The smallest absolute Gasteiger partial charge is 0.123 e. The van der Waals surface area contributed by atoms with Crippen LogP contribution in [0.5, 0.6) is 5.75 Å². The fourth-order valence-corrected chi connectivity index (χ4v) is 2.24. The van der Waals surface area contributed by atoms with Crippen LogP contribution in [0.3, 0.4) is 0 Å². The Morgan fingerprint density at radius 3 is 2.75 bits per heavy atom. The van der Waals surface area contributed by atoms with Gasteiger partial charge in [-0.1, -0.05) is 0 Å². The van der Waals surface area contributed by atoms with Gasteiger partial charge in [-0.15, -0.1) is 0 Å². The maximum Gasteiger partial charge on any atom is 0.123 e. The van der Waals surface area contributed by atoms with Crippen molar-refractivity contribution >= 4 is 0 Å². The Bertz CT molecular complexity index is 575. The second kappa shape index (κ2) is 6.05. The summed E-state index contributed by atoms with van der Waals surface area (Å²) in [5.41, 5.74) is 3.99. The Balaban J connectivity index is 2.12. The Morgan fingerprint density at radius 1 is 1.40 bits per heavy atom. The molecule has 2 rings (SSSR count). The van der Waals surface area contributed by atoms with E-state index >= 15 is 0 Å². The predicted molar refractivity (Wildman–Crippen MR) is 76.3 cm³/mol. The molecule has 2 N–H and O–H groups in total. The zero-order valence-electron chi connectivity index (χ0n) is 12.2. The first-order valence-electron chi connectivity index (χ1n) is 6.60. The molecule has 0 saturated heterocycles. The first kappa shape index (κ1) is 14.5. The Labute approximate surface area is 118 Å². The van der Waals surface area contributed by atoms with Crippen LogP contribution in [0.1, 0.15) is 35.5 Å². The molecule has 0 radical (unpaired) electrons. The lowest BCUT2D eigenvalue weighted by Gasteiger charge is -2.17. The molecule has 5 heteroatoms. The largest absolute Gasteiger partial charge is 0.496 e. The van der Waals surface area contributed by atoms with Crippen LogP contribution in [0.4, 0.5) is 4.39 Å². The van der Waals surface area contributed by atoms with Crippen molar-refractivity contribution in [2.24, 2.45) is 0 Å². The Hall–Kier alpha value is -1.88. The van der Waals surface area contributed by atoms with Crippen molar-refractivity contribution in [3.63, 3.8) is 0 Å². The number of rotatable bonds is 5. The van der Waals surface area contributed by atoms with Crippen molar-refractivity contribution in [1.29, 1.82) is 0 Å². The first-order valence-corrected chi connectivity index (χ1v) is 6.60. The van der Waals surface area contributed by atoms with Gasteiger partial charge in [0, 0.05) is 29.4 Å². The summed E-state index contributed by atoms with van der Waals surface area (Å²) in [5, 5.41) is 10.5. The van der Waals surface area contributed by atoms with Gasteiger partial charge >= 0.3 is 0 Å². The third kappa shape index (κ3) is 2.99. The highest BCUT2D eigenvalue weighted by Crippen LogP contribution is 2.26. The number of aromatic nitrogens is 2. The van der Waals surface area contributed by atoms with Crippen molar-refractivity contribution in [3.05, 3.63) is 46.5 Å². The van der Waals surface area contributed by atoms with Crippen LogP contribution in [0.2, 0.25) is 0 Å². The minimum absolute atomic E-state index is 0.0191. The number of methoxy groups -OCH3 is 1. The van der Waals surface area contributed by atoms with Gasteiger partial charge in [0.2, 0.25) is 0 Å². The first-order chi connectivity index (χ1) is 9.52. The highest BCUT2D eigenvalue weighted by atomic mass is 19.1. The standard InChI is InChI=1S/C15H20FN3O/c1-9(13-7-12(16)5-6-15(13)20-4)17-8-14-10(2)18-19-11(14)3/h5-7,9,17H,8H2,1-4H3,(H,18,19). The van der Waals surface area contributed by atoms with Gasteiger partial charge in [0.05, 0.1) is 12.8 Å². The topological polar surface area (TPSA) is 49.9 Å². The van der Waals surface area contributed by atoms with Crippen LogP contribution >= 0.6 is 0 Å². The molecule has 1 unspecified atom stereocenters. The molecular formula is C15H20FN3O. The molecule has 0 spiro atoms. The van der Waals surface area contributed by atoms with Gasteiger partial charge in [-0.3, -0.25) is 5.10 Å². The molecule has 1 aromatic carbocycles. The third-order valence-electron chi connectivity index (χ3n) is 3.52. The number of aromatic amines is 1. The SMILES string of the molecule is COc1ccc(F)cc1C(C)NCc1c(C)n[nH]c1C. The van der Waals surface area contributed by atoms with E-state index in [0.717, 1.165) is 22.5 Å². The molecule has 1 heterocycles. The molecule has 4 nitrogen and oxygen atoms in total. The van der Waals surface area contributed by atoms with E-state index in [1.807, 2.05) is 20.8 Å². The minimum atomic E-state index is -0.259. The number of nitrogens with zero attached hydrogens (tertiary/aromatic N) is 1. The van der Waals surface area contributed by atoms with Crippen molar-refractivity contribution in [3.8, 4) is 5.75 Å². The molecular weight excluding hydrogens is 257 g/mol. The van der Waals surface area contributed by atoms with E-state index < -0.39 is 0 Å². The van der Waals surface area contributed by atoms with Crippen molar-refractivity contribution < 1.29 is 9.13 Å². The van der Waals surface area contributed by atoms with Crippen molar-refractivity contribution in [2.75, 3.05) is 7.11 Å². The predicted octanol–water partition coefficient (Wildman–Crippen LogP) is 3.03. The highest BCUT2D eigenvalue weighted by molar-refractivity contribution is 5.36. The van der Waals surface area contributed by atoms with Crippen LogP contribution in [0, 0.1) is 19.7 Å². The number of hydrogen-bond donors (Lipinski definition) is 2. The third-order valence-corrected chi connectivity index (χ3v) is 3.52. The lowest BCUT2D eigenvalue weighted by Crippen LogP contribution is -2.19. The molecule has 0 aliphatic rings. The van der Waals surface area contributed by atoms with Crippen LogP contribution < -0.4 is 10.1 Å². The second-order valence-electron chi connectivity index (χ2n) is 4.90. The molecule has 0 saturated carbocycles. The monoisotopic (exact) mass is 277 g/mol. The van der Waals surface area contributed by atoms with Crippen LogP contribution in [-0.2, 0) is 6.54 Å². The number of ether oxygens (including phenoxy) is 1. The quantitative estimate of drug-likeness (QED) is 0.883. The summed E-state index contributed by atoms with van der Waals surface area (Å²) >= 11 is 0. The van der Waals surface area contributed by atoms with E-state index in [2.05, 4.69) is 15.5 Å². The Kier molecular flexibility index (Phi) is 4.39. The normalized spacial score (nSPS) is 12.4. The lowest BCUT2D eigenvalue weighted by molar-refractivity contribution is 0.399. The van der Waals surface area contributed by atoms with E-state index in [1.165, 1.54) is 12.1 Å². The molecule has 0 aliphatic heterocycles. The van der Waals surface area contributed by atoms with Crippen LogP contribution in [0.15, 0.2) is 18.2 Å². The lowest BCUT2D eigenvalue weighted by atomic mass is 10.1. The number of halogens is 1. The van der Waals surface area contributed by atoms with Gasteiger partial charge in [-0.2, -0.15) is 5.10 Å².